The van der Waals surface area contributed by atoms with Crippen molar-refractivity contribution in [3.63, 3.8) is 0 Å². The minimum absolute atomic E-state index is 0.372. The summed E-state index contributed by atoms with van der Waals surface area (Å²) in [6.45, 7) is 2.98. The predicted octanol–water partition coefficient (Wildman–Crippen LogP) is 3.00. The second-order valence-electron chi connectivity index (χ2n) is 3.83. The maximum absolute atomic E-state index is 5.02. The van der Waals surface area contributed by atoms with Crippen LogP contribution in [0.25, 0.3) is 0 Å². The molecule has 0 aromatic carbocycles. The van der Waals surface area contributed by atoms with Crippen LogP contribution in [0, 0.1) is 0 Å². The summed E-state index contributed by atoms with van der Waals surface area (Å²) < 4.78 is 5.02. The summed E-state index contributed by atoms with van der Waals surface area (Å²) in [6, 6.07) is 8.51. The van der Waals surface area contributed by atoms with E-state index in [2.05, 4.69) is 34.7 Å². The average molecular weight is 248 g/mol. The highest BCUT2D eigenvalue weighted by Crippen LogP contribution is 2.18. The highest BCUT2D eigenvalue weighted by molar-refractivity contribution is 7.10. The normalized spacial score (nSPS) is 12.4. The number of nitrogens with zero attached hydrogens (tertiary/aromatic N) is 1. The van der Waals surface area contributed by atoms with Crippen molar-refractivity contribution in [3.8, 4) is 5.88 Å². The van der Waals surface area contributed by atoms with Crippen molar-refractivity contribution in [2.24, 2.45) is 0 Å². The van der Waals surface area contributed by atoms with Gasteiger partial charge in [0, 0.05) is 29.7 Å². The maximum atomic E-state index is 5.02. The van der Waals surface area contributed by atoms with E-state index in [4.69, 9.17) is 4.74 Å². The SMILES string of the molecule is COc1ccc(CN[C@H](C)c2cccs2)cn1. The molecule has 2 heterocycles. The molecule has 0 fully saturated rings. The molecule has 2 aromatic heterocycles. The number of pyridine rings is 1. The monoisotopic (exact) mass is 248 g/mol. The summed E-state index contributed by atoms with van der Waals surface area (Å²) >= 11 is 1.77. The molecule has 2 aromatic rings. The zero-order valence-electron chi connectivity index (χ0n) is 10.0. The molecule has 0 unspecified atom stereocenters. The molecule has 0 spiro atoms. The minimum Gasteiger partial charge on any atom is -0.481 e. The van der Waals surface area contributed by atoms with Crippen LogP contribution >= 0.6 is 11.3 Å². The predicted molar refractivity (Wildman–Crippen MR) is 70.4 cm³/mol. The molecule has 0 bridgehead atoms. The summed E-state index contributed by atoms with van der Waals surface area (Å²) in [6.07, 6.45) is 1.84. The number of aromatic nitrogens is 1. The summed E-state index contributed by atoms with van der Waals surface area (Å²) in [5.41, 5.74) is 1.16. The standard InChI is InChI=1S/C13H16N2OS/c1-10(12-4-3-7-17-12)14-8-11-5-6-13(16-2)15-9-11/h3-7,9-10,14H,8H2,1-2H3/t10-/m1/s1. The first-order valence-electron chi connectivity index (χ1n) is 5.55. The molecule has 17 heavy (non-hydrogen) atoms. The van der Waals surface area contributed by atoms with Gasteiger partial charge in [-0.2, -0.15) is 0 Å². The summed E-state index contributed by atoms with van der Waals surface area (Å²) in [4.78, 5) is 5.53. The van der Waals surface area contributed by atoms with Gasteiger partial charge in [0.05, 0.1) is 7.11 Å². The number of hydrogen-bond acceptors (Lipinski definition) is 4. The molecule has 4 heteroatoms. The summed E-state index contributed by atoms with van der Waals surface area (Å²) in [5.74, 6) is 0.653. The lowest BCUT2D eigenvalue weighted by atomic mass is 10.2. The third-order valence-corrected chi connectivity index (χ3v) is 3.64. The molecular formula is C13H16N2OS. The molecular weight excluding hydrogens is 232 g/mol. The summed E-state index contributed by atoms with van der Waals surface area (Å²) in [7, 11) is 1.62. The molecule has 0 amide bonds. The first kappa shape index (κ1) is 12.1. The second kappa shape index (κ2) is 5.80. The van der Waals surface area contributed by atoms with Gasteiger partial charge in [0.25, 0.3) is 0 Å². The van der Waals surface area contributed by atoms with Crippen molar-refractivity contribution in [3.05, 3.63) is 46.3 Å². The van der Waals surface area contributed by atoms with Crippen LogP contribution in [-0.2, 0) is 6.54 Å². The highest BCUT2D eigenvalue weighted by Gasteiger charge is 2.05. The van der Waals surface area contributed by atoms with Crippen molar-refractivity contribution in [1.29, 1.82) is 0 Å². The highest BCUT2D eigenvalue weighted by atomic mass is 32.1. The molecule has 3 nitrogen and oxygen atoms in total. The van der Waals surface area contributed by atoms with Gasteiger partial charge in [0.2, 0.25) is 5.88 Å². The van der Waals surface area contributed by atoms with Gasteiger partial charge in [-0.05, 0) is 23.9 Å². The van der Waals surface area contributed by atoms with E-state index in [1.165, 1.54) is 4.88 Å². The third-order valence-electron chi connectivity index (χ3n) is 2.59. The number of rotatable bonds is 5. The number of methoxy groups -OCH3 is 1. The van der Waals surface area contributed by atoms with E-state index < -0.39 is 0 Å². The van der Waals surface area contributed by atoms with Crippen LogP contribution in [0.2, 0.25) is 0 Å². The molecule has 0 saturated heterocycles. The van der Waals surface area contributed by atoms with Crippen LogP contribution in [-0.4, -0.2) is 12.1 Å². The number of nitrogens with one attached hydrogen (secondary N) is 1. The van der Waals surface area contributed by atoms with E-state index in [0.717, 1.165) is 12.1 Å². The van der Waals surface area contributed by atoms with Gasteiger partial charge in [0.15, 0.2) is 0 Å². The van der Waals surface area contributed by atoms with Crippen molar-refractivity contribution in [2.45, 2.75) is 19.5 Å². The second-order valence-corrected chi connectivity index (χ2v) is 4.81. The molecule has 0 aliphatic carbocycles. The minimum atomic E-state index is 0.372. The van der Waals surface area contributed by atoms with Crippen molar-refractivity contribution >= 4 is 11.3 Å². The van der Waals surface area contributed by atoms with Crippen LogP contribution in [0.4, 0.5) is 0 Å². The number of thiophene rings is 1. The fraction of sp³-hybridized carbons (Fsp3) is 0.308. The molecule has 0 radical (unpaired) electrons. The van der Waals surface area contributed by atoms with Gasteiger partial charge in [-0.25, -0.2) is 4.98 Å². The van der Waals surface area contributed by atoms with Crippen molar-refractivity contribution < 1.29 is 4.74 Å². The Balaban J connectivity index is 1.89. The lowest BCUT2D eigenvalue weighted by Gasteiger charge is -2.11. The molecule has 1 N–H and O–H groups in total. The Morgan fingerprint density at radius 2 is 2.29 bits per heavy atom. The van der Waals surface area contributed by atoms with Crippen LogP contribution < -0.4 is 10.1 Å². The smallest absolute Gasteiger partial charge is 0.212 e. The lowest BCUT2D eigenvalue weighted by molar-refractivity contribution is 0.397. The van der Waals surface area contributed by atoms with Crippen LogP contribution in [0.5, 0.6) is 5.88 Å². The maximum Gasteiger partial charge on any atom is 0.212 e. The molecule has 2 rings (SSSR count). The van der Waals surface area contributed by atoms with Gasteiger partial charge in [-0.1, -0.05) is 12.1 Å². The van der Waals surface area contributed by atoms with Gasteiger partial charge < -0.3 is 10.1 Å². The van der Waals surface area contributed by atoms with E-state index in [9.17, 15) is 0 Å². The molecule has 0 aliphatic heterocycles. The fourth-order valence-corrected chi connectivity index (χ4v) is 2.30. The van der Waals surface area contributed by atoms with Crippen molar-refractivity contribution in [2.75, 3.05) is 7.11 Å². The van der Waals surface area contributed by atoms with Gasteiger partial charge >= 0.3 is 0 Å². The Morgan fingerprint density at radius 1 is 1.41 bits per heavy atom. The zero-order valence-corrected chi connectivity index (χ0v) is 10.8. The van der Waals surface area contributed by atoms with Crippen LogP contribution in [0.1, 0.15) is 23.4 Å². The Morgan fingerprint density at radius 3 is 2.88 bits per heavy atom. The van der Waals surface area contributed by atoms with E-state index >= 15 is 0 Å². The molecule has 90 valence electrons. The number of ether oxygens (including phenoxy) is 1. The number of hydrogen-bond donors (Lipinski definition) is 1. The van der Waals surface area contributed by atoms with E-state index in [0.29, 0.717) is 11.9 Å². The summed E-state index contributed by atoms with van der Waals surface area (Å²) in [5, 5.41) is 5.57. The third kappa shape index (κ3) is 3.28. The van der Waals surface area contributed by atoms with E-state index in [1.54, 1.807) is 18.4 Å². The fourth-order valence-electron chi connectivity index (χ4n) is 1.55. The Kier molecular flexibility index (Phi) is 4.12. The van der Waals surface area contributed by atoms with Gasteiger partial charge in [-0.3, -0.25) is 0 Å². The Bertz CT molecular complexity index is 439. The van der Waals surface area contributed by atoms with Gasteiger partial charge in [-0.15, -0.1) is 11.3 Å². The Labute approximate surface area is 105 Å². The van der Waals surface area contributed by atoms with Crippen LogP contribution in [0.3, 0.4) is 0 Å². The quantitative estimate of drug-likeness (QED) is 0.883. The van der Waals surface area contributed by atoms with Crippen molar-refractivity contribution in [1.82, 2.24) is 10.3 Å². The average Bonchev–Trinajstić information content (AvgIpc) is 2.90. The Hall–Kier alpha value is -1.39. The largest absolute Gasteiger partial charge is 0.481 e. The van der Waals surface area contributed by atoms with Gasteiger partial charge in [0.1, 0.15) is 0 Å². The lowest BCUT2D eigenvalue weighted by Crippen LogP contribution is -2.17. The first-order chi connectivity index (χ1) is 8.29. The zero-order chi connectivity index (χ0) is 12.1. The van der Waals surface area contributed by atoms with E-state index in [1.807, 2.05) is 18.3 Å². The molecule has 0 aliphatic rings. The van der Waals surface area contributed by atoms with Crippen LogP contribution in [0.15, 0.2) is 35.8 Å². The first-order valence-corrected chi connectivity index (χ1v) is 6.43. The topological polar surface area (TPSA) is 34.1 Å². The molecule has 0 saturated carbocycles. The molecule has 1 atom stereocenters. The van der Waals surface area contributed by atoms with E-state index in [-0.39, 0.29) is 0 Å².